The molecule has 0 fully saturated rings. The van der Waals surface area contributed by atoms with Crippen LogP contribution in [-0.2, 0) is 0 Å². The molecule has 1 nitrogen and oxygen atoms in total. The molecule has 0 saturated carbocycles. The molecule has 1 N–H and O–H groups in total. The van der Waals surface area contributed by atoms with Gasteiger partial charge < -0.3 is 4.98 Å². The van der Waals surface area contributed by atoms with E-state index < -0.39 is 0 Å². The molecule has 1 heterocycles. The maximum absolute atomic E-state index is 13.4. The summed E-state index contributed by atoms with van der Waals surface area (Å²) in [6.45, 7) is 4.13. The Morgan fingerprint density at radius 2 is 2.15 bits per heavy atom. The molecule has 0 aliphatic carbocycles. The van der Waals surface area contributed by atoms with Crippen LogP contribution in [0, 0.1) is 5.82 Å². The topological polar surface area (TPSA) is 15.8 Å². The molecular formula is C11H14FN. The second kappa shape index (κ2) is 2.87. The van der Waals surface area contributed by atoms with Crippen LogP contribution in [0.3, 0.4) is 0 Å². The number of aromatic amines is 1. The molecule has 2 rings (SSSR count). The lowest BCUT2D eigenvalue weighted by molar-refractivity contribution is 0.638. The monoisotopic (exact) mass is 179 g/mol. The summed E-state index contributed by atoms with van der Waals surface area (Å²) in [5.41, 5.74) is 1.93. The zero-order chi connectivity index (χ0) is 9.42. The van der Waals surface area contributed by atoms with Crippen molar-refractivity contribution in [3.8, 4) is 0 Å². The predicted octanol–water partition coefficient (Wildman–Crippen LogP) is 3.68. The lowest BCUT2D eigenvalue weighted by Gasteiger charge is -2.02. The van der Waals surface area contributed by atoms with Gasteiger partial charge in [-0.1, -0.05) is 19.9 Å². The van der Waals surface area contributed by atoms with E-state index in [1.54, 1.807) is 6.07 Å². The van der Waals surface area contributed by atoms with Gasteiger partial charge in [0, 0.05) is 18.5 Å². The average molecular weight is 179 g/mol. The maximum Gasteiger partial charge on any atom is 0.132 e. The number of hydrogen-bond donors (Lipinski definition) is 1. The molecule has 13 heavy (non-hydrogen) atoms. The second-order valence-corrected chi connectivity index (χ2v) is 3.56. The Hall–Kier alpha value is -1.31. The van der Waals surface area contributed by atoms with Gasteiger partial charge in [0.25, 0.3) is 0 Å². The van der Waals surface area contributed by atoms with E-state index in [4.69, 9.17) is 0 Å². The van der Waals surface area contributed by atoms with Crippen LogP contribution in [0.5, 0.6) is 0 Å². The van der Waals surface area contributed by atoms with Crippen LogP contribution >= 0.6 is 0 Å². The highest BCUT2D eigenvalue weighted by Crippen LogP contribution is 2.26. The van der Waals surface area contributed by atoms with Crippen LogP contribution in [0.15, 0.2) is 24.4 Å². The number of fused-ring (bicyclic) bond motifs is 1. The maximum atomic E-state index is 13.4. The van der Waals surface area contributed by atoms with Crippen molar-refractivity contribution in [2.24, 2.45) is 0 Å². The van der Waals surface area contributed by atoms with E-state index in [0.717, 1.165) is 16.5 Å². The highest BCUT2D eigenvalue weighted by atomic mass is 19.1. The first-order valence-electron chi connectivity index (χ1n) is 4.45. The first-order valence-corrected chi connectivity index (χ1v) is 4.45. The summed E-state index contributed by atoms with van der Waals surface area (Å²) in [7, 11) is 0. The fraction of sp³-hybridized carbons (Fsp3) is 0.273. The lowest BCUT2D eigenvalue weighted by Crippen LogP contribution is -1.86. The van der Waals surface area contributed by atoms with Gasteiger partial charge in [0.2, 0.25) is 0 Å². The van der Waals surface area contributed by atoms with Crippen molar-refractivity contribution in [2.75, 3.05) is 0 Å². The molecule has 0 radical (unpaired) electrons. The standard InChI is InChI=1S/C11H12FN.H2/c1-7(2)8-6-13-10-5-3-4-9(12)11(8)10;/h3-7,13H,1-2H3;1H. The van der Waals surface area contributed by atoms with Crippen LogP contribution in [-0.4, -0.2) is 4.98 Å². The van der Waals surface area contributed by atoms with Crippen molar-refractivity contribution >= 4 is 10.9 Å². The molecular weight excluding hydrogens is 165 g/mol. The normalized spacial score (nSPS) is 11.4. The third kappa shape index (κ3) is 1.22. The molecule has 1 aromatic heterocycles. The Labute approximate surface area is 78.1 Å². The van der Waals surface area contributed by atoms with Crippen molar-refractivity contribution in [3.05, 3.63) is 35.8 Å². The fourth-order valence-corrected chi connectivity index (χ4v) is 1.62. The Balaban J connectivity index is 0.000000980. The molecule has 0 amide bonds. The predicted molar refractivity (Wildman–Crippen MR) is 54.5 cm³/mol. The van der Waals surface area contributed by atoms with E-state index in [-0.39, 0.29) is 7.24 Å². The largest absolute Gasteiger partial charge is 0.361 e. The number of rotatable bonds is 1. The van der Waals surface area contributed by atoms with E-state index in [2.05, 4.69) is 18.8 Å². The van der Waals surface area contributed by atoms with Crippen LogP contribution < -0.4 is 0 Å². The quantitative estimate of drug-likeness (QED) is 0.687. The van der Waals surface area contributed by atoms with E-state index in [9.17, 15) is 4.39 Å². The minimum Gasteiger partial charge on any atom is -0.361 e. The van der Waals surface area contributed by atoms with E-state index in [1.807, 2.05) is 12.3 Å². The Morgan fingerprint density at radius 3 is 2.85 bits per heavy atom. The number of nitrogens with one attached hydrogen (secondary N) is 1. The van der Waals surface area contributed by atoms with Crippen LogP contribution in [0.1, 0.15) is 26.8 Å². The first kappa shape index (κ1) is 8.30. The summed E-state index contributed by atoms with van der Waals surface area (Å²) in [6, 6.07) is 5.12. The Morgan fingerprint density at radius 1 is 1.38 bits per heavy atom. The van der Waals surface area contributed by atoms with Crippen molar-refractivity contribution in [3.63, 3.8) is 0 Å². The third-order valence-electron chi connectivity index (χ3n) is 2.31. The first-order chi connectivity index (χ1) is 6.20. The number of H-pyrrole nitrogens is 1. The molecule has 2 aromatic rings. The summed E-state index contributed by atoms with van der Waals surface area (Å²) in [6.07, 6.45) is 1.89. The van der Waals surface area contributed by atoms with Gasteiger partial charge in [0.15, 0.2) is 0 Å². The van der Waals surface area contributed by atoms with Gasteiger partial charge >= 0.3 is 0 Å². The van der Waals surface area contributed by atoms with E-state index in [0.29, 0.717) is 5.92 Å². The Kier molecular flexibility index (Phi) is 1.83. The summed E-state index contributed by atoms with van der Waals surface area (Å²) >= 11 is 0. The van der Waals surface area contributed by atoms with Crippen molar-refractivity contribution in [1.82, 2.24) is 4.98 Å². The highest BCUT2D eigenvalue weighted by Gasteiger charge is 2.10. The van der Waals surface area contributed by atoms with Crippen LogP contribution in [0.4, 0.5) is 4.39 Å². The average Bonchev–Trinajstić information content (AvgIpc) is 2.49. The smallest absolute Gasteiger partial charge is 0.132 e. The van der Waals surface area contributed by atoms with Gasteiger partial charge in [-0.05, 0) is 23.6 Å². The van der Waals surface area contributed by atoms with Gasteiger partial charge in [0.05, 0.1) is 0 Å². The van der Waals surface area contributed by atoms with Crippen molar-refractivity contribution < 1.29 is 5.82 Å². The van der Waals surface area contributed by atoms with Gasteiger partial charge in [-0.25, -0.2) is 4.39 Å². The molecule has 0 saturated heterocycles. The SMILES string of the molecule is CC(C)c1c[nH]c2cccc(F)c12.[HH]. The minimum atomic E-state index is -0.137. The molecule has 0 atom stereocenters. The number of benzene rings is 1. The van der Waals surface area contributed by atoms with Crippen LogP contribution in [0.2, 0.25) is 0 Å². The summed E-state index contributed by atoms with van der Waals surface area (Å²) < 4.78 is 13.4. The molecule has 2 heteroatoms. The van der Waals surface area contributed by atoms with E-state index >= 15 is 0 Å². The van der Waals surface area contributed by atoms with E-state index in [1.165, 1.54) is 6.07 Å². The summed E-state index contributed by atoms with van der Waals surface area (Å²) in [4.78, 5) is 3.07. The Bertz CT molecular complexity index is 434. The second-order valence-electron chi connectivity index (χ2n) is 3.56. The zero-order valence-corrected chi connectivity index (χ0v) is 7.76. The van der Waals surface area contributed by atoms with Gasteiger partial charge in [0.1, 0.15) is 5.82 Å². The molecule has 1 aromatic carbocycles. The highest BCUT2D eigenvalue weighted by molar-refractivity contribution is 5.84. The number of aromatic nitrogens is 1. The van der Waals surface area contributed by atoms with Gasteiger partial charge in [-0.2, -0.15) is 0 Å². The third-order valence-corrected chi connectivity index (χ3v) is 2.31. The van der Waals surface area contributed by atoms with Gasteiger partial charge in [-0.3, -0.25) is 0 Å². The van der Waals surface area contributed by atoms with Crippen molar-refractivity contribution in [2.45, 2.75) is 19.8 Å². The summed E-state index contributed by atoms with van der Waals surface area (Å²) in [5.74, 6) is 0.216. The molecule has 0 aliphatic heterocycles. The minimum absolute atomic E-state index is 0. The lowest BCUT2D eigenvalue weighted by atomic mass is 10.0. The molecule has 0 spiro atoms. The van der Waals surface area contributed by atoms with Crippen LogP contribution in [0.25, 0.3) is 10.9 Å². The summed E-state index contributed by atoms with van der Waals surface area (Å²) in [5, 5.41) is 0.734. The van der Waals surface area contributed by atoms with Crippen molar-refractivity contribution in [1.29, 1.82) is 0 Å². The molecule has 0 aliphatic rings. The molecule has 0 unspecified atom stereocenters. The zero-order valence-electron chi connectivity index (χ0n) is 7.76. The van der Waals surface area contributed by atoms with Gasteiger partial charge in [-0.15, -0.1) is 0 Å². The molecule has 70 valence electrons. The molecule has 0 bridgehead atoms. The fourth-order valence-electron chi connectivity index (χ4n) is 1.62. The number of halogens is 1. The number of hydrogen-bond acceptors (Lipinski definition) is 0.